The van der Waals surface area contributed by atoms with Crippen LogP contribution in [0.1, 0.15) is 25.3 Å². The van der Waals surface area contributed by atoms with Crippen LogP contribution < -0.4 is 5.32 Å². The van der Waals surface area contributed by atoms with Gasteiger partial charge >= 0.3 is 0 Å². The number of benzene rings is 1. The topological polar surface area (TPSA) is 79.0 Å². The molecule has 0 aromatic heterocycles. The smallest absolute Gasteiger partial charge is 0.243 e. The van der Waals surface area contributed by atoms with E-state index in [2.05, 4.69) is 17.1 Å². The quantitative estimate of drug-likeness (QED) is 0.821. The maximum atomic E-state index is 12.8. The minimum atomic E-state index is -3.58. The van der Waals surface area contributed by atoms with Crippen molar-refractivity contribution in [1.82, 2.24) is 9.21 Å². The number of aryl methyl sites for hydroxylation is 1. The molecule has 2 aliphatic rings. The number of ether oxygens (including phenoxy) is 1. The van der Waals surface area contributed by atoms with Crippen LogP contribution in [0.2, 0.25) is 0 Å². The molecule has 0 atom stereocenters. The summed E-state index contributed by atoms with van der Waals surface area (Å²) in [5.74, 6) is 0.613. The van der Waals surface area contributed by atoms with Crippen molar-refractivity contribution in [3.05, 3.63) is 23.8 Å². The average molecular weight is 396 g/mol. The molecule has 2 aliphatic heterocycles. The number of sulfonamides is 1. The SMILES string of the molecule is Cc1ccc(S(=O)(=O)N2CCOCC2)cc1NC(=O)CN1CCC(C)CC1. The number of nitrogens with zero attached hydrogens (tertiary/aromatic N) is 2. The second-order valence-corrected chi connectivity index (χ2v) is 9.44. The predicted molar refractivity (Wildman–Crippen MR) is 104 cm³/mol. The summed E-state index contributed by atoms with van der Waals surface area (Å²) in [5, 5.41) is 2.90. The number of rotatable bonds is 5. The fourth-order valence-corrected chi connectivity index (χ4v) is 4.88. The summed E-state index contributed by atoms with van der Waals surface area (Å²) in [7, 11) is -3.58. The van der Waals surface area contributed by atoms with Crippen molar-refractivity contribution in [3.8, 4) is 0 Å². The van der Waals surface area contributed by atoms with Gasteiger partial charge in [-0.15, -0.1) is 0 Å². The van der Waals surface area contributed by atoms with E-state index in [4.69, 9.17) is 4.74 Å². The lowest BCUT2D eigenvalue weighted by Gasteiger charge is -2.29. The van der Waals surface area contributed by atoms with E-state index in [1.165, 1.54) is 4.31 Å². The molecule has 0 unspecified atom stereocenters. The zero-order valence-electron chi connectivity index (χ0n) is 16.1. The Morgan fingerprint density at radius 2 is 1.85 bits per heavy atom. The largest absolute Gasteiger partial charge is 0.379 e. The Morgan fingerprint density at radius 1 is 1.19 bits per heavy atom. The van der Waals surface area contributed by atoms with Gasteiger partial charge in [0, 0.05) is 18.8 Å². The summed E-state index contributed by atoms with van der Waals surface area (Å²) < 4.78 is 32.3. The van der Waals surface area contributed by atoms with E-state index < -0.39 is 10.0 Å². The number of amides is 1. The van der Waals surface area contributed by atoms with Gasteiger partial charge in [-0.1, -0.05) is 13.0 Å². The lowest BCUT2D eigenvalue weighted by atomic mass is 9.99. The Bertz CT molecular complexity index is 767. The minimum Gasteiger partial charge on any atom is -0.379 e. The first-order valence-corrected chi connectivity index (χ1v) is 11.0. The zero-order chi connectivity index (χ0) is 19.4. The highest BCUT2D eigenvalue weighted by Gasteiger charge is 2.27. The van der Waals surface area contributed by atoms with Gasteiger partial charge in [-0.05, 0) is 56.5 Å². The van der Waals surface area contributed by atoms with Crippen LogP contribution in [0.3, 0.4) is 0 Å². The summed E-state index contributed by atoms with van der Waals surface area (Å²) in [5.41, 5.74) is 1.40. The minimum absolute atomic E-state index is 0.103. The van der Waals surface area contributed by atoms with Crippen LogP contribution in [-0.2, 0) is 19.6 Å². The van der Waals surface area contributed by atoms with Crippen LogP contribution >= 0.6 is 0 Å². The van der Waals surface area contributed by atoms with E-state index in [-0.39, 0.29) is 10.8 Å². The molecule has 1 N–H and O–H groups in total. The van der Waals surface area contributed by atoms with Gasteiger partial charge in [0.1, 0.15) is 0 Å². The predicted octanol–water partition coefficient (Wildman–Crippen LogP) is 1.69. The highest BCUT2D eigenvalue weighted by Crippen LogP contribution is 2.24. The molecule has 0 spiro atoms. The van der Waals surface area contributed by atoms with Crippen molar-refractivity contribution >= 4 is 21.6 Å². The molecule has 0 saturated carbocycles. The van der Waals surface area contributed by atoms with E-state index in [0.29, 0.717) is 44.5 Å². The first-order chi connectivity index (χ1) is 12.9. The molecule has 1 amide bonds. The van der Waals surface area contributed by atoms with Crippen LogP contribution in [0.4, 0.5) is 5.69 Å². The third-order valence-corrected chi connectivity index (χ3v) is 7.23. The normalized spacial score (nSPS) is 20.5. The third kappa shape index (κ3) is 5.07. The highest BCUT2D eigenvalue weighted by molar-refractivity contribution is 7.89. The summed E-state index contributed by atoms with van der Waals surface area (Å²) in [4.78, 5) is 14.8. The summed E-state index contributed by atoms with van der Waals surface area (Å²) >= 11 is 0. The van der Waals surface area contributed by atoms with Crippen molar-refractivity contribution < 1.29 is 17.9 Å². The van der Waals surface area contributed by atoms with Crippen molar-refractivity contribution in [3.63, 3.8) is 0 Å². The maximum Gasteiger partial charge on any atom is 0.243 e. The fraction of sp³-hybridized carbons (Fsp3) is 0.632. The Kier molecular flexibility index (Phi) is 6.52. The molecule has 2 fully saturated rings. The molecule has 2 heterocycles. The molecule has 27 heavy (non-hydrogen) atoms. The standard InChI is InChI=1S/C19H29N3O4S/c1-15-5-7-21(8-6-15)14-19(23)20-18-13-17(4-3-16(18)2)27(24,25)22-9-11-26-12-10-22/h3-4,13,15H,5-12,14H2,1-2H3,(H,20,23). The maximum absolute atomic E-state index is 12.8. The van der Waals surface area contributed by atoms with Crippen molar-refractivity contribution in [1.29, 1.82) is 0 Å². The third-order valence-electron chi connectivity index (χ3n) is 5.33. The summed E-state index contributed by atoms with van der Waals surface area (Å²) in [6, 6.07) is 4.91. The van der Waals surface area contributed by atoms with Crippen LogP contribution in [0.15, 0.2) is 23.1 Å². The monoisotopic (exact) mass is 395 g/mol. The first-order valence-electron chi connectivity index (χ1n) is 9.57. The number of carbonyl (C=O) groups is 1. The molecule has 0 aliphatic carbocycles. The lowest BCUT2D eigenvalue weighted by Crippen LogP contribution is -2.40. The zero-order valence-corrected chi connectivity index (χ0v) is 16.9. The van der Waals surface area contributed by atoms with Crippen LogP contribution in [0.25, 0.3) is 0 Å². The Morgan fingerprint density at radius 3 is 2.52 bits per heavy atom. The van der Waals surface area contributed by atoms with Crippen molar-refractivity contribution in [2.45, 2.75) is 31.6 Å². The molecule has 0 bridgehead atoms. The molecular weight excluding hydrogens is 366 g/mol. The molecule has 8 heteroatoms. The van der Waals surface area contributed by atoms with E-state index in [9.17, 15) is 13.2 Å². The summed E-state index contributed by atoms with van der Waals surface area (Å²) in [6.45, 7) is 7.82. The van der Waals surface area contributed by atoms with Gasteiger partial charge in [-0.2, -0.15) is 4.31 Å². The number of carbonyl (C=O) groups excluding carboxylic acids is 1. The lowest BCUT2D eigenvalue weighted by molar-refractivity contribution is -0.117. The highest BCUT2D eigenvalue weighted by atomic mass is 32.2. The number of likely N-dealkylation sites (tertiary alicyclic amines) is 1. The van der Waals surface area contributed by atoms with Crippen molar-refractivity contribution in [2.75, 3.05) is 51.3 Å². The number of nitrogens with one attached hydrogen (secondary N) is 1. The number of anilines is 1. The first kappa shape index (κ1) is 20.3. The molecule has 7 nitrogen and oxygen atoms in total. The molecule has 3 rings (SSSR count). The van der Waals surface area contributed by atoms with Gasteiger partial charge < -0.3 is 10.1 Å². The molecule has 1 aromatic rings. The second kappa shape index (κ2) is 8.68. The second-order valence-electron chi connectivity index (χ2n) is 7.50. The van der Waals surface area contributed by atoms with E-state index >= 15 is 0 Å². The van der Waals surface area contributed by atoms with Gasteiger partial charge in [-0.3, -0.25) is 9.69 Å². The number of hydrogen-bond donors (Lipinski definition) is 1. The number of hydrogen-bond acceptors (Lipinski definition) is 5. The molecule has 0 radical (unpaired) electrons. The van der Waals surface area contributed by atoms with Crippen LogP contribution in [-0.4, -0.2) is 69.5 Å². The average Bonchev–Trinajstić information content (AvgIpc) is 2.66. The van der Waals surface area contributed by atoms with Gasteiger partial charge in [0.2, 0.25) is 15.9 Å². The number of piperidine rings is 1. The van der Waals surface area contributed by atoms with E-state index in [0.717, 1.165) is 31.5 Å². The Labute approximate surface area is 161 Å². The van der Waals surface area contributed by atoms with Crippen LogP contribution in [0, 0.1) is 12.8 Å². The molecule has 1 aromatic carbocycles. The Balaban J connectivity index is 1.68. The van der Waals surface area contributed by atoms with Gasteiger partial charge in [0.25, 0.3) is 0 Å². The molecule has 2 saturated heterocycles. The van der Waals surface area contributed by atoms with Crippen LogP contribution in [0.5, 0.6) is 0 Å². The Hall–Kier alpha value is -1.48. The summed E-state index contributed by atoms with van der Waals surface area (Å²) in [6.07, 6.45) is 2.22. The fourth-order valence-electron chi connectivity index (χ4n) is 3.45. The van der Waals surface area contributed by atoms with Gasteiger partial charge in [0.05, 0.1) is 24.7 Å². The van der Waals surface area contributed by atoms with Gasteiger partial charge in [-0.25, -0.2) is 8.42 Å². The molecular formula is C19H29N3O4S. The van der Waals surface area contributed by atoms with E-state index in [1.54, 1.807) is 18.2 Å². The van der Waals surface area contributed by atoms with Gasteiger partial charge in [0.15, 0.2) is 0 Å². The van der Waals surface area contributed by atoms with E-state index in [1.807, 2.05) is 6.92 Å². The van der Waals surface area contributed by atoms with Crippen molar-refractivity contribution in [2.24, 2.45) is 5.92 Å². The molecule has 150 valence electrons. The number of morpholine rings is 1.